The Kier molecular flexibility index (Phi) is 5.75. The van der Waals surface area contributed by atoms with Crippen molar-refractivity contribution in [2.75, 3.05) is 0 Å². The van der Waals surface area contributed by atoms with Gasteiger partial charge >= 0.3 is 0 Å². The van der Waals surface area contributed by atoms with Crippen molar-refractivity contribution in [3.8, 4) is 0 Å². The summed E-state index contributed by atoms with van der Waals surface area (Å²) in [5.41, 5.74) is 7.52. The minimum atomic E-state index is -0.455. The van der Waals surface area contributed by atoms with Crippen LogP contribution in [0.5, 0.6) is 0 Å². The van der Waals surface area contributed by atoms with Crippen LogP contribution in [-0.4, -0.2) is 17.6 Å². The molecule has 25 heavy (non-hydrogen) atoms. The van der Waals surface area contributed by atoms with E-state index in [0.29, 0.717) is 22.6 Å². The summed E-state index contributed by atoms with van der Waals surface area (Å²) < 4.78 is 5.27. The molecule has 0 fully saturated rings. The van der Waals surface area contributed by atoms with Crippen molar-refractivity contribution in [1.29, 1.82) is 0 Å². The number of hydrogen-bond donors (Lipinski definition) is 2. The first-order valence-electron chi connectivity index (χ1n) is 8.04. The summed E-state index contributed by atoms with van der Waals surface area (Å²) >= 11 is 0. The van der Waals surface area contributed by atoms with Crippen LogP contribution in [0.3, 0.4) is 0 Å². The first-order valence-corrected chi connectivity index (χ1v) is 8.04. The maximum Gasteiger partial charge on any atom is 0.273 e. The molecule has 0 saturated heterocycles. The molecule has 2 N–H and O–H groups in total. The molecule has 0 spiro atoms. The summed E-state index contributed by atoms with van der Waals surface area (Å²) in [5.74, 6) is 0.125. The zero-order valence-corrected chi connectivity index (χ0v) is 14.9. The Hall–Kier alpha value is -2.89. The van der Waals surface area contributed by atoms with Crippen molar-refractivity contribution in [3.05, 3.63) is 58.0 Å². The van der Waals surface area contributed by atoms with Crippen LogP contribution in [0.2, 0.25) is 0 Å². The highest BCUT2D eigenvalue weighted by atomic mass is 16.3. The molecule has 6 nitrogen and oxygen atoms in total. The molecule has 0 radical (unpaired) electrons. The standard InChI is InChI=1S/C19H22N2O4/c1-11-5-6-12(2)15(9-11)17(22)7-8-18(23)20-21-19(24)16-10-13(3)25-14(16)4/h5-6,9-10H,7-8H2,1-4H3,(H,20,23)(H,21,24). The van der Waals surface area contributed by atoms with Gasteiger partial charge in [0.15, 0.2) is 5.78 Å². The number of carbonyl (C=O) groups excluding carboxylic acids is 3. The molecule has 0 saturated carbocycles. The number of amides is 2. The first kappa shape index (κ1) is 18.4. The van der Waals surface area contributed by atoms with Crippen LogP contribution in [0.1, 0.15) is 56.2 Å². The van der Waals surface area contributed by atoms with Crippen molar-refractivity contribution in [2.45, 2.75) is 40.5 Å². The lowest BCUT2D eigenvalue weighted by Crippen LogP contribution is -2.41. The molecule has 0 bridgehead atoms. The van der Waals surface area contributed by atoms with Crippen molar-refractivity contribution < 1.29 is 18.8 Å². The second-order valence-electron chi connectivity index (χ2n) is 6.07. The van der Waals surface area contributed by atoms with E-state index in [0.717, 1.165) is 11.1 Å². The Labute approximate surface area is 146 Å². The Morgan fingerprint density at radius 3 is 2.28 bits per heavy atom. The maximum atomic E-state index is 12.2. The van der Waals surface area contributed by atoms with Crippen LogP contribution in [0.25, 0.3) is 0 Å². The minimum Gasteiger partial charge on any atom is -0.466 e. The lowest BCUT2D eigenvalue weighted by molar-refractivity contribution is -0.121. The van der Waals surface area contributed by atoms with Crippen LogP contribution in [0.15, 0.2) is 28.7 Å². The predicted octanol–water partition coefficient (Wildman–Crippen LogP) is 2.94. The fourth-order valence-electron chi connectivity index (χ4n) is 2.51. The second-order valence-corrected chi connectivity index (χ2v) is 6.07. The van der Waals surface area contributed by atoms with E-state index in [1.165, 1.54) is 0 Å². The van der Waals surface area contributed by atoms with Crippen LogP contribution < -0.4 is 10.9 Å². The lowest BCUT2D eigenvalue weighted by Gasteiger charge is -2.08. The van der Waals surface area contributed by atoms with E-state index >= 15 is 0 Å². The Morgan fingerprint density at radius 2 is 1.64 bits per heavy atom. The molecule has 2 rings (SSSR count). The number of Topliss-reactive ketones (excluding diaryl/α,β-unsaturated/α-hetero) is 1. The predicted molar refractivity (Wildman–Crippen MR) is 93.3 cm³/mol. The van der Waals surface area contributed by atoms with Gasteiger partial charge in [-0.1, -0.05) is 17.7 Å². The molecule has 0 unspecified atom stereocenters. The van der Waals surface area contributed by atoms with Crippen molar-refractivity contribution in [2.24, 2.45) is 0 Å². The third-order valence-corrected chi connectivity index (χ3v) is 3.87. The van der Waals surface area contributed by atoms with E-state index in [4.69, 9.17) is 4.42 Å². The highest BCUT2D eigenvalue weighted by Crippen LogP contribution is 2.14. The van der Waals surface area contributed by atoms with Crippen LogP contribution >= 0.6 is 0 Å². The molecule has 2 aromatic rings. The summed E-state index contributed by atoms with van der Waals surface area (Å²) in [7, 11) is 0. The number of ketones is 1. The number of aryl methyl sites for hydroxylation is 4. The third kappa shape index (κ3) is 4.79. The van der Waals surface area contributed by atoms with E-state index in [2.05, 4.69) is 10.9 Å². The van der Waals surface area contributed by atoms with Crippen molar-refractivity contribution in [1.82, 2.24) is 10.9 Å². The van der Waals surface area contributed by atoms with Gasteiger partial charge in [0.05, 0.1) is 5.56 Å². The molecule has 6 heteroatoms. The summed E-state index contributed by atoms with van der Waals surface area (Å²) in [5, 5.41) is 0. The van der Waals surface area contributed by atoms with E-state index in [1.807, 2.05) is 32.0 Å². The third-order valence-electron chi connectivity index (χ3n) is 3.87. The van der Waals surface area contributed by atoms with Gasteiger partial charge in [-0.05, 0) is 45.4 Å². The fourth-order valence-corrected chi connectivity index (χ4v) is 2.51. The maximum absolute atomic E-state index is 12.2. The molecule has 1 heterocycles. The van der Waals surface area contributed by atoms with Gasteiger partial charge in [-0.25, -0.2) is 0 Å². The number of rotatable bonds is 5. The average Bonchev–Trinajstić information content (AvgIpc) is 2.91. The van der Waals surface area contributed by atoms with Crippen LogP contribution in [0.4, 0.5) is 0 Å². The number of hydrogen-bond acceptors (Lipinski definition) is 4. The Morgan fingerprint density at radius 1 is 0.920 bits per heavy atom. The summed E-state index contributed by atoms with van der Waals surface area (Å²) in [6.45, 7) is 7.19. The van der Waals surface area contributed by atoms with E-state index in [-0.39, 0.29) is 18.6 Å². The molecule has 0 aliphatic heterocycles. The van der Waals surface area contributed by atoms with Crippen LogP contribution in [-0.2, 0) is 4.79 Å². The van der Waals surface area contributed by atoms with Gasteiger partial charge in [0, 0.05) is 18.4 Å². The molecular formula is C19H22N2O4. The molecule has 2 amide bonds. The van der Waals surface area contributed by atoms with Crippen molar-refractivity contribution in [3.63, 3.8) is 0 Å². The Bertz CT molecular complexity index is 821. The summed E-state index contributed by atoms with van der Waals surface area (Å²) in [4.78, 5) is 36.1. The molecular weight excluding hydrogens is 320 g/mol. The smallest absolute Gasteiger partial charge is 0.273 e. The zero-order valence-electron chi connectivity index (χ0n) is 14.9. The first-order chi connectivity index (χ1) is 11.8. The van der Waals surface area contributed by atoms with Gasteiger partial charge in [-0.2, -0.15) is 0 Å². The van der Waals surface area contributed by atoms with Gasteiger partial charge in [-0.15, -0.1) is 0 Å². The van der Waals surface area contributed by atoms with Crippen molar-refractivity contribution >= 4 is 17.6 Å². The lowest BCUT2D eigenvalue weighted by atomic mass is 9.99. The van der Waals surface area contributed by atoms with Gasteiger partial charge in [-0.3, -0.25) is 25.2 Å². The number of hydrazine groups is 1. The molecule has 0 aliphatic rings. The second kappa shape index (κ2) is 7.79. The minimum absolute atomic E-state index is 0.00408. The molecule has 132 valence electrons. The molecule has 0 aliphatic carbocycles. The quantitative estimate of drug-likeness (QED) is 0.646. The largest absolute Gasteiger partial charge is 0.466 e. The SMILES string of the molecule is Cc1ccc(C)c(C(=O)CCC(=O)NNC(=O)c2cc(C)oc2C)c1. The normalized spacial score (nSPS) is 10.4. The molecule has 1 aromatic carbocycles. The zero-order chi connectivity index (χ0) is 18.6. The average molecular weight is 342 g/mol. The van der Waals surface area contributed by atoms with Crippen LogP contribution in [0, 0.1) is 27.7 Å². The van der Waals surface area contributed by atoms with Gasteiger partial charge in [0.2, 0.25) is 5.91 Å². The monoisotopic (exact) mass is 342 g/mol. The summed E-state index contributed by atoms with van der Waals surface area (Å²) in [6, 6.07) is 7.24. The van der Waals surface area contributed by atoms with E-state index in [9.17, 15) is 14.4 Å². The highest BCUT2D eigenvalue weighted by Gasteiger charge is 2.15. The molecule has 1 aromatic heterocycles. The van der Waals surface area contributed by atoms with E-state index < -0.39 is 11.8 Å². The number of benzene rings is 1. The van der Waals surface area contributed by atoms with E-state index in [1.54, 1.807) is 19.9 Å². The van der Waals surface area contributed by atoms with Gasteiger partial charge in [0.1, 0.15) is 11.5 Å². The molecule has 0 atom stereocenters. The van der Waals surface area contributed by atoms with Gasteiger partial charge in [0.25, 0.3) is 5.91 Å². The number of nitrogens with one attached hydrogen (secondary N) is 2. The highest BCUT2D eigenvalue weighted by molar-refractivity contribution is 6.00. The fraction of sp³-hybridized carbons (Fsp3) is 0.316. The van der Waals surface area contributed by atoms with Gasteiger partial charge < -0.3 is 4.42 Å². The summed E-state index contributed by atoms with van der Waals surface area (Å²) in [6.07, 6.45) is 0.0751. The number of carbonyl (C=O) groups is 3. The number of furan rings is 1. The topological polar surface area (TPSA) is 88.4 Å². The Balaban J connectivity index is 1.84.